The molecule has 1 aromatic rings. The highest BCUT2D eigenvalue weighted by Gasteiger charge is 2.34. The smallest absolute Gasteiger partial charge is 0.387 e. The molecule has 6 nitrogen and oxygen atoms in total. The quantitative estimate of drug-likeness (QED) is 0.623. The minimum atomic E-state index is -2.91. The molecule has 0 saturated carbocycles. The average Bonchev–Trinajstić information content (AvgIpc) is 2.90. The largest absolute Gasteiger partial charge is 0.435 e. The molecule has 0 aromatic heterocycles. The molecule has 2 rings (SSSR count). The Bertz CT molecular complexity index is 753. The van der Waals surface area contributed by atoms with Gasteiger partial charge in [0.2, 0.25) is 5.91 Å². The van der Waals surface area contributed by atoms with E-state index in [2.05, 4.69) is 10.1 Å². The van der Waals surface area contributed by atoms with Crippen LogP contribution in [0.3, 0.4) is 0 Å². The summed E-state index contributed by atoms with van der Waals surface area (Å²) in [7, 11) is 0. The number of hydrogen-bond acceptors (Lipinski definition) is 5. The average molecular weight is 412 g/mol. The van der Waals surface area contributed by atoms with Crippen LogP contribution in [-0.2, 0) is 9.59 Å². The van der Waals surface area contributed by atoms with Gasteiger partial charge >= 0.3 is 6.61 Å². The Labute approximate surface area is 166 Å². The highest BCUT2D eigenvalue weighted by molar-refractivity contribution is 8.18. The van der Waals surface area contributed by atoms with Gasteiger partial charge in [-0.25, -0.2) is 0 Å². The second-order valence-electron chi connectivity index (χ2n) is 6.26. The molecule has 1 aliphatic rings. The normalized spacial score (nSPS) is 16.8. The number of carbonyl (C=O) groups excluding carboxylic acids is 3. The molecule has 0 radical (unpaired) electrons. The molecule has 1 aliphatic heterocycles. The van der Waals surface area contributed by atoms with Gasteiger partial charge in [0, 0.05) is 19.0 Å². The lowest BCUT2D eigenvalue weighted by Gasteiger charge is -2.15. The molecule has 9 heteroatoms. The molecule has 152 valence electrons. The van der Waals surface area contributed by atoms with Crippen molar-refractivity contribution in [3.8, 4) is 5.75 Å². The fourth-order valence-corrected chi connectivity index (χ4v) is 3.48. The standard InChI is InChI=1S/C19H22F2N2O4S/c1-3-4-12(2)16(24)22-9-10-23-17(25)15(28-19(23)26)11-13-5-7-14(8-6-13)27-18(20)21/h5-8,11-12,18H,3-4,9-10H2,1-2H3,(H,22,24)/b15-11+. The predicted molar refractivity (Wildman–Crippen MR) is 103 cm³/mol. The number of benzene rings is 1. The van der Waals surface area contributed by atoms with Crippen molar-refractivity contribution in [2.45, 2.75) is 33.3 Å². The van der Waals surface area contributed by atoms with Crippen molar-refractivity contribution < 1.29 is 27.9 Å². The Morgan fingerprint density at radius 2 is 1.96 bits per heavy atom. The zero-order valence-corrected chi connectivity index (χ0v) is 16.4. The molecule has 0 aliphatic carbocycles. The summed E-state index contributed by atoms with van der Waals surface area (Å²) in [5, 5.41) is 2.32. The number of halogens is 2. The van der Waals surface area contributed by atoms with E-state index in [0.717, 1.165) is 29.5 Å². The van der Waals surface area contributed by atoms with Crippen LogP contribution in [0.2, 0.25) is 0 Å². The molecule has 1 N–H and O–H groups in total. The number of nitrogens with zero attached hydrogens (tertiary/aromatic N) is 1. The van der Waals surface area contributed by atoms with Crippen molar-refractivity contribution in [2.75, 3.05) is 13.1 Å². The predicted octanol–water partition coefficient (Wildman–Crippen LogP) is 3.88. The number of rotatable bonds is 9. The van der Waals surface area contributed by atoms with Crippen LogP contribution in [0.25, 0.3) is 6.08 Å². The first-order valence-electron chi connectivity index (χ1n) is 8.89. The molecule has 1 heterocycles. The van der Waals surface area contributed by atoms with Gasteiger partial charge in [-0.1, -0.05) is 32.4 Å². The topological polar surface area (TPSA) is 75.7 Å². The number of hydrogen-bond donors (Lipinski definition) is 1. The number of ether oxygens (including phenoxy) is 1. The van der Waals surface area contributed by atoms with Crippen LogP contribution in [0.15, 0.2) is 29.2 Å². The first kappa shape index (κ1) is 21.9. The summed E-state index contributed by atoms with van der Waals surface area (Å²) in [6, 6.07) is 5.74. The van der Waals surface area contributed by atoms with E-state index in [1.807, 2.05) is 13.8 Å². The zero-order chi connectivity index (χ0) is 20.7. The number of imide groups is 1. The monoisotopic (exact) mass is 412 g/mol. The van der Waals surface area contributed by atoms with Crippen LogP contribution in [-0.4, -0.2) is 41.7 Å². The summed E-state index contributed by atoms with van der Waals surface area (Å²) >= 11 is 0.799. The minimum Gasteiger partial charge on any atom is -0.435 e. The summed E-state index contributed by atoms with van der Waals surface area (Å²) in [5.41, 5.74) is 0.578. The van der Waals surface area contributed by atoms with Crippen LogP contribution in [0.4, 0.5) is 13.6 Å². The number of carbonyl (C=O) groups is 3. The number of thioether (sulfide) groups is 1. The third-order valence-corrected chi connectivity index (χ3v) is 4.99. The van der Waals surface area contributed by atoms with E-state index < -0.39 is 17.8 Å². The lowest BCUT2D eigenvalue weighted by molar-refractivity contribution is -0.126. The van der Waals surface area contributed by atoms with E-state index >= 15 is 0 Å². The zero-order valence-electron chi connectivity index (χ0n) is 15.6. The third-order valence-electron chi connectivity index (χ3n) is 4.08. The summed E-state index contributed by atoms with van der Waals surface area (Å²) in [6.45, 7) is 1.20. The van der Waals surface area contributed by atoms with Crippen molar-refractivity contribution in [3.05, 3.63) is 34.7 Å². The highest BCUT2D eigenvalue weighted by Crippen LogP contribution is 2.32. The Morgan fingerprint density at radius 1 is 1.29 bits per heavy atom. The Morgan fingerprint density at radius 3 is 2.57 bits per heavy atom. The molecule has 1 aromatic carbocycles. The second-order valence-corrected chi connectivity index (χ2v) is 7.25. The minimum absolute atomic E-state index is 0.00768. The number of nitrogens with one attached hydrogen (secondary N) is 1. The Balaban J connectivity index is 1.93. The lowest BCUT2D eigenvalue weighted by atomic mass is 10.1. The van der Waals surface area contributed by atoms with E-state index in [4.69, 9.17) is 0 Å². The van der Waals surface area contributed by atoms with Crippen molar-refractivity contribution in [2.24, 2.45) is 5.92 Å². The summed E-state index contributed by atoms with van der Waals surface area (Å²) < 4.78 is 28.6. The molecular formula is C19H22F2N2O4S. The first-order chi connectivity index (χ1) is 13.3. The Kier molecular flexibility index (Phi) is 7.98. The molecule has 1 fully saturated rings. The van der Waals surface area contributed by atoms with Gasteiger partial charge in [0.1, 0.15) is 5.75 Å². The van der Waals surface area contributed by atoms with Gasteiger partial charge in [-0.2, -0.15) is 8.78 Å². The van der Waals surface area contributed by atoms with E-state index in [1.54, 1.807) is 0 Å². The van der Waals surface area contributed by atoms with Crippen molar-refractivity contribution >= 4 is 34.9 Å². The maximum Gasteiger partial charge on any atom is 0.387 e. The van der Waals surface area contributed by atoms with Gasteiger partial charge in [0.15, 0.2) is 0 Å². The molecule has 1 saturated heterocycles. The third kappa shape index (κ3) is 6.05. The van der Waals surface area contributed by atoms with Gasteiger partial charge in [0.25, 0.3) is 11.1 Å². The lowest BCUT2D eigenvalue weighted by Crippen LogP contribution is -2.38. The van der Waals surface area contributed by atoms with Crippen LogP contribution in [0, 0.1) is 5.92 Å². The molecule has 1 unspecified atom stereocenters. The molecule has 0 spiro atoms. The maximum absolute atomic E-state index is 12.4. The Hall–Kier alpha value is -2.42. The summed E-state index contributed by atoms with van der Waals surface area (Å²) in [5.74, 6) is -0.653. The van der Waals surface area contributed by atoms with E-state index in [9.17, 15) is 23.2 Å². The van der Waals surface area contributed by atoms with E-state index in [0.29, 0.717) is 5.56 Å². The van der Waals surface area contributed by atoms with Gasteiger partial charge in [-0.15, -0.1) is 0 Å². The maximum atomic E-state index is 12.4. The molecule has 0 bridgehead atoms. The molecule has 1 atom stereocenters. The van der Waals surface area contributed by atoms with Gasteiger partial charge in [-0.3, -0.25) is 19.3 Å². The van der Waals surface area contributed by atoms with Crippen LogP contribution in [0.5, 0.6) is 5.75 Å². The van der Waals surface area contributed by atoms with Crippen LogP contribution >= 0.6 is 11.8 Å². The van der Waals surface area contributed by atoms with Crippen molar-refractivity contribution in [3.63, 3.8) is 0 Å². The van der Waals surface area contributed by atoms with Gasteiger partial charge < -0.3 is 10.1 Å². The van der Waals surface area contributed by atoms with Crippen molar-refractivity contribution in [1.82, 2.24) is 10.2 Å². The fraction of sp³-hybridized carbons (Fsp3) is 0.421. The van der Waals surface area contributed by atoms with Crippen LogP contribution < -0.4 is 10.1 Å². The molecule has 3 amide bonds. The molecule has 28 heavy (non-hydrogen) atoms. The van der Waals surface area contributed by atoms with Crippen LogP contribution in [0.1, 0.15) is 32.3 Å². The van der Waals surface area contributed by atoms with Gasteiger partial charge in [0.05, 0.1) is 4.91 Å². The molecular weight excluding hydrogens is 390 g/mol. The van der Waals surface area contributed by atoms with Crippen molar-refractivity contribution in [1.29, 1.82) is 0 Å². The van der Waals surface area contributed by atoms with E-state index in [-0.39, 0.29) is 35.6 Å². The number of alkyl halides is 2. The van der Waals surface area contributed by atoms with E-state index in [1.165, 1.54) is 30.3 Å². The summed E-state index contributed by atoms with van der Waals surface area (Å²) in [6.07, 6.45) is 3.19. The van der Waals surface area contributed by atoms with Gasteiger partial charge in [-0.05, 0) is 42.0 Å². The SMILES string of the molecule is CCCC(C)C(=O)NCCN1C(=O)S/C(=C/c2ccc(OC(F)F)cc2)C1=O. The fourth-order valence-electron chi connectivity index (χ4n) is 2.62. The summed E-state index contributed by atoms with van der Waals surface area (Å²) in [4.78, 5) is 37.7. The number of amides is 3. The highest BCUT2D eigenvalue weighted by atomic mass is 32.2. The second kappa shape index (κ2) is 10.2. The first-order valence-corrected chi connectivity index (χ1v) is 9.71.